The van der Waals surface area contributed by atoms with Crippen LogP contribution < -0.4 is 15.6 Å². The number of ether oxygens (including phenoxy) is 1. The molecule has 27 heavy (non-hydrogen) atoms. The van der Waals surface area contributed by atoms with E-state index in [1.807, 2.05) is 6.92 Å². The molecule has 0 aliphatic carbocycles. The predicted octanol–water partition coefficient (Wildman–Crippen LogP) is 2.63. The molecule has 0 aliphatic rings. The first-order valence-corrected chi connectivity index (χ1v) is 8.73. The van der Waals surface area contributed by atoms with Gasteiger partial charge in [0.2, 0.25) is 0 Å². The van der Waals surface area contributed by atoms with E-state index in [-0.39, 0.29) is 17.0 Å². The number of aromatic hydroxyl groups is 1. The monoisotopic (exact) mass is 367 g/mol. The van der Waals surface area contributed by atoms with E-state index in [1.54, 1.807) is 36.4 Å². The first kappa shape index (κ1) is 18.4. The Morgan fingerprint density at radius 3 is 2.85 bits per heavy atom. The highest BCUT2D eigenvalue weighted by atomic mass is 16.5. The minimum atomic E-state index is -0.638. The molecule has 0 saturated carbocycles. The van der Waals surface area contributed by atoms with Crippen molar-refractivity contribution < 1.29 is 14.6 Å². The molecule has 3 aromatic rings. The zero-order valence-corrected chi connectivity index (χ0v) is 15.2. The van der Waals surface area contributed by atoms with Gasteiger partial charge in [-0.2, -0.15) is 0 Å². The van der Waals surface area contributed by atoms with E-state index in [0.29, 0.717) is 23.4 Å². The van der Waals surface area contributed by atoms with Crippen LogP contribution in [-0.4, -0.2) is 34.2 Å². The van der Waals surface area contributed by atoms with Crippen LogP contribution in [0.1, 0.15) is 30.1 Å². The Morgan fingerprint density at radius 2 is 2.11 bits per heavy atom. The van der Waals surface area contributed by atoms with Crippen molar-refractivity contribution in [2.75, 3.05) is 13.7 Å². The van der Waals surface area contributed by atoms with E-state index in [9.17, 15) is 14.7 Å². The van der Waals surface area contributed by atoms with Crippen molar-refractivity contribution in [3.63, 3.8) is 0 Å². The number of methoxy groups -OCH3 is 1. The molecular weight excluding hydrogens is 346 g/mol. The molecule has 0 atom stereocenters. The maximum Gasteiger partial charge on any atom is 0.273 e. The van der Waals surface area contributed by atoms with Crippen LogP contribution in [0.3, 0.4) is 0 Å². The van der Waals surface area contributed by atoms with Crippen molar-refractivity contribution in [2.24, 2.45) is 0 Å². The molecule has 140 valence electrons. The van der Waals surface area contributed by atoms with E-state index in [0.717, 1.165) is 12.8 Å². The molecule has 0 fully saturated rings. The number of pyridine rings is 2. The van der Waals surface area contributed by atoms with Crippen molar-refractivity contribution in [1.82, 2.24) is 14.9 Å². The molecule has 0 radical (unpaired) electrons. The molecule has 0 saturated heterocycles. The molecule has 0 spiro atoms. The smallest absolute Gasteiger partial charge is 0.273 e. The summed E-state index contributed by atoms with van der Waals surface area (Å²) >= 11 is 0. The first-order chi connectivity index (χ1) is 13.1. The molecule has 1 amide bonds. The van der Waals surface area contributed by atoms with E-state index < -0.39 is 11.5 Å². The number of carbonyl (C=O) groups is 1. The highest BCUT2D eigenvalue weighted by Crippen LogP contribution is 2.27. The van der Waals surface area contributed by atoms with Crippen LogP contribution in [0.25, 0.3) is 16.7 Å². The number of fused-ring (bicyclic) bond motifs is 1. The molecule has 0 bridgehead atoms. The molecule has 0 unspecified atom stereocenters. The first-order valence-electron chi connectivity index (χ1n) is 8.73. The van der Waals surface area contributed by atoms with Crippen LogP contribution in [0.2, 0.25) is 0 Å². The van der Waals surface area contributed by atoms with Crippen molar-refractivity contribution in [1.29, 1.82) is 0 Å². The number of benzene rings is 1. The summed E-state index contributed by atoms with van der Waals surface area (Å²) in [5, 5.41) is 13.6. The van der Waals surface area contributed by atoms with Gasteiger partial charge in [0, 0.05) is 18.8 Å². The lowest BCUT2D eigenvalue weighted by atomic mass is 10.1. The topological polar surface area (TPSA) is 93.5 Å². The third-order valence-electron chi connectivity index (χ3n) is 4.26. The second-order valence-electron chi connectivity index (χ2n) is 6.05. The van der Waals surface area contributed by atoms with Gasteiger partial charge in [-0.1, -0.05) is 19.4 Å². The number of carbonyl (C=O) groups excluding carboxylic acids is 1. The Bertz CT molecular complexity index is 1040. The third-order valence-corrected chi connectivity index (χ3v) is 4.26. The van der Waals surface area contributed by atoms with Gasteiger partial charge in [-0.05, 0) is 30.7 Å². The van der Waals surface area contributed by atoms with Crippen LogP contribution in [-0.2, 0) is 0 Å². The van der Waals surface area contributed by atoms with Crippen LogP contribution in [0, 0.1) is 0 Å². The summed E-state index contributed by atoms with van der Waals surface area (Å²) in [5.74, 6) is -0.407. The Labute approximate surface area is 156 Å². The Hall–Kier alpha value is -3.35. The van der Waals surface area contributed by atoms with Crippen LogP contribution in [0.5, 0.6) is 11.5 Å². The summed E-state index contributed by atoms with van der Waals surface area (Å²) in [6.07, 6.45) is 3.21. The van der Waals surface area contributed by atoms with E-state index >= 15 is 0 Å². The average Bonchev–Trinajstić information content (AvgIpc) is 2.68. The Morgan fingerprint density at radius 1 is 1.30 bits per heavy atom. The molecule has 7 heteroatoms. The Balaban J connectivity index is 2.26. The standard InChI is InChI=1S/C20H21N3O4/c1-3-4-10-22-19(25)16-17(24)15-9-6-11-21-18(15)23(20(16)26)13-7-5-8-14(12-13)27-2/h5-9,11-12,24H,3-4,10H2,1-2H3,(H,22,25). The highest BCUT2D eigenvalue weighted by Gasteiger charge is 2.23. The molecule has 2 heterocycles. The van der Waals surface area contributed by atoms with E-state index in [4.69, 9.17) is 4.74 Å². The molecule has 2 aromatic heterocycles. The second kappa shape index (κ2) is 7.90. The molecule has 0 aliphatic heterocycles. The summed E-state index contributed by atoms with van der Waals surface area (Å²) < 4.78 is 6.54. The van der Waals surface area contributed by atoms with Crippen molar-refractivity contribution in [3.05, 3.63) is 58.5 Å². The van der Waals surface area contributed by atoms with Crippen molar-refractivity contribution >= 4 is 16.9 Å². The molecule has 1 aromatic carbocycles. The molecule has 3 rings (SSSR count). The van der Waals surface area contributed by atoms with Gasteiger partial charge in [0.15, 0.2) is 5.65 Å². The van der Waals surface area contributed by atoms with E-state index in [1.165, 1.54) is 17.9 Å². The average molecular weight is 367 g/mol. The second-order valence-corrected chi connectivity index (χ2v) is 6.05. The van der Waals surface area contributed by atoms with Crippen LogP contribution >= 0.6 is 0 Å². The van der Waals surface area contributed by atoms with Gasteiger partial charge in [0.25, 0.3) is 11.5 Å². The lowest BCUT2D eigenvalue weighted by molar-refractivity contribution is 0.0949. The number of nitrogens with zero attached hydrogens (tertiary/aromatic N) is 2. The maximum atomic E-state index is 13.1. The number of hydrogen-bond donors (Lipinski definition) is 2. The number of aromatic nitrogens is 2. The fraction of sp³-hybridized carbons (Fsp3) is 0.250. The quantitative estimate of drug-likeness (QED) is 0.653. The summed E-state index contributed by atoms with van der Waals surface area (Å²) in [6, 6.07) is 10.1. The minimum absolute atomic E-state index is 0.262. The normalized spacial score (nSPS) is 10.7. The van der Waals surface area contributed by atoms with Gasteiger partial charge >= 0.3 is 0 Å². The van der Waals surface area contributed by atoms with Gasteiger partial charge < -0.3 is 15.2 Å². The number of hydrogen-bond acceptors (Lipinski definition) is 5. The highest BCUT2D eigenvalue weighted by molar-refractivity contribution is 6.02. The van der Waals surface area contributed by atoms with Crippen molar-refractivity contribution in [3.8, 4) is 17.2 Å². The number of rotatable bonds is 6. The van der Waals surface area contributed by atoms with Gasteiger partial charge in [-0.15, -0.1) is 0 Å². The summed E-state index contributed by atoms with van der Waals surface area (Å²) in [6.45, 7) is 2.43. The summed E-state index contributed by atoms with van der Waals surface area (Å²) in [5.41, 5.74) is -0.181. The van der Waals surface area contributed by atoms with Gasteiger partial charge in [-0.3, -0.25) is 14.2 Å². The van der Waals surface area contributed by atoms with E-state index in [2.05, 4.69) is 10.3 Å². The maximum absolute atomic E-state index is 13.1. The van der Waals surface area contributed by atoms with Gasteiger partial charge in [0.1, 0.15) is 17.1 Å². The summed E-state index contributed by atoms with van der Waals surface area (Å²) in [4.78, 5) is 30.0. The largest absolute Gasteiger partial charge is 0.506 e. The van der Waals surface area contributed by atoms with Crippen molar-refractivity contribution in [2.45, 2.75) is 19.8 Å². The van der Waals surface area contributed by atoms with Gasteiger partial charge in [-0.25, -0.2) is 4.98 Å². The Kier molecular flexibility index (Phi) is 5.40. The number of unbranched alkanes of at least 4 members (excludes halogenated alkanes) is 1. The minimum Gasteiger partial charge on any atom is -0.506 e. The molecule has 7 nitrogen and oxygen atoms in total. The zero-order chi connectivity index (χ0) is 19.4. The van der Waals surface area contributed by atoms with Gasteiger partial charge in [0.05, 0.1) is 18.2 Å². The number of amides is 1. The molecular formula is C20H21N3O4. The fourth-order valence-electron chi connectivity index (χ4n) is 2.86. The third kappa shape index (κ3) is 3.48. The lowest BCUT2D eigenvalue weighted by Crippen LogP contribution is -2.33. The predicted molar refractivity (Wildman–Crippen MR) is 103 cm³/mol. The zero-order valence-electron chi connectivity index (χ0n) is 15.2. The SMILES string of the molecule is CCCCNC(=O)c1c(O)c2cccnc2n(-c2cccc(OC)c2)c1=O. The lowest BCUT2D eigenvalue weighted by Gasteiger charge is -2.14. The number of nitrogens with one attached hydrogen (secondary N) is 1. The van der Waals surface area contributed by atoms with Crippen LogP contribution in [0.4, 0.5) is 0 Å². The molecule has 2 N–H and O–H groups in total. The van der Waals surface area contributed by atoms with Crippen LogP contribution in [0.15, 0.2) is 47.4 Å². The fourth-order valence-corrected chi connectivity index (χ4v) is 2.86. The summed E-state index contributed by atoms with van der Waals surface area (Å²) in [7, 11) is 1.53.